The largest absolute Gasteiger partial charge is 0.508 e. The van der Waals surface area contributed by atoms with Crippen molar-refractivity contribution in [1.29, 1.82) is 0 Å². The van der Waals surface area contributed by atoms with Gasteiger partial charge in [0.15, 0.2) is 0 Å². The van der Waals surface area contributed by atoms with Gasteiger partial charge in [0.25, 0.3) is 0 Å². The van der Waals surface area contributed by atoms with E-state index in [1.54, 1.807) is 12.1 Å². The molecule has 1 radical (unpaired) electrons. The number of phenolic OH excluding ortho intramolecular Hbond substituents is 1. The zero-order valence-corrected chi connectivity index (χ0v) is 6.24. The molecule has 11 heavy (non-hydrogen) atoms. The van der Waals surface area contributed by atoms with Gasteiger partial charge in [0.05, 0.1) is 0 Å². The molecule has 2 heteroatoms. The minimum atomic E-state index is 0.131. The van der Waals surface area contributed by atoms with Crippen LogP contribution in [0.2, 0.25) is 0 Å². The van der Waals surface area contributed by atoms with Crippen LogP contribution in [-0.2, 0) is 0 Å². The molecule has 57 valence electrons. The molecule has 1 aliphatic heterocycles. The molecule has 1 aromatic rings. The molecule has 0 saturated heterocycles. The third kappa shape index (κ3) is 1.04. The van der Waals surface area contributed by atoms with Crippen molar-refractivity contribution in [3.8, 4) is 11.5 Å². The van der Waals surface area contributed by atoms with Crippen LogP contribution in [0.15, 0.2) is 18.2 Å². The second-order valence-corrected chi connectivity index (χ2v) is 2.71. The van der Waals surface area contributed by atoms with Crippen LogP contribution in [0.25, 0.3) is 0 Å². The third-order valence-electron chi connectivity index (χ3n) is 1.72. The van der Waals surface area contributed by atoms with Crippen LogP contribution in [0.3, 0.4) is 0 Å². The molecule has 0 amide bonds. The van der Waals surface area contributed by atoms with E-state index in [1.807, 2.05) is 19.4 Å². The Balaban J connectivity index is 2.43. The van der Waals surface area contributed by atoms with E-state index in [2.05, 4.69) is 0 Å². The van der Waals surface area contributed by atoms with Crippen molar-refractivity contribution in [2.45, 2.75) is 13.0 Å². The van der Waals surface area contributed by atoms with Gasteiger partial charge in [0.1, 0.15) is 17.6 Å². The first-order valence-electron chi connectivity index (χ1n) is 3.60. The number of hydrogen-bond donors (Lipinski definition) is 1. The van der Waals surface area contributed by atoms with E-state index in [-0.39, 0.29) is 11.9 Å². The van der Waals surface area contributed by atoms with Crippen molar-refractivity contribution < 1.29 is 9.84 Å². The molecule has 1 aromatic carbocycles. The minimum absolute atomic E-state index is 0.131. The van der Waals surface area contributed by atoms with Gasteiger partial charge in [-0.25, -0.2) is 0 Å². The van der Waals surface area contributed by atoms with Crippen molar-refractivity contribution in [1.82, 2.24) is 0 Å². The number of rotatable bonds is 0. The Bertz CT molecular complexity index is 281. The van der Waals surface area contributed by atoms with E-state index in [1.165, 1.54) is 0 Å². The lowest BCUT2D eigenvalue weighted by Gasteiger charge is -2.01. The standard InChI is InChI=1S/C9H9O2/c1-6-4-7-2-3-8(10)5-9(7)11-6/h2-6,10H,1H3. The van der Waals surface area contributed by atoms with Crippen molar-refractivity contribution in [3.63, 3.8) is 0 Å². The Hall–Kier alpha value is -1.18. The summed E-state index contributed by atoms with van der Waals surface area (Å²) in [6.07, 6.45) is 2.15. The van der Waals surface area contributed by atoms with Gasteiger partial charge in [0.2, 0.25) is 0 Å². The Kier molecular flexibility index (Phi) is 1.28. The number of phenols is 1. The highest BCUT2D eigenvalue weighted by Gasteiger charge is 2.18. The van der Waals surface area contributed by atoms with E-state index in [0.717, 1.165) is 11.3 Å². The quantitative estimate of drug-likeness (QED) is 0.608. The highest BCUT2D eigenvalue weighted by atomic mass is 16.5. The summed E-state index contributed by atoms with van der Waals surface area (Å²) in [5.41, 5.74) is 1.07. The van der Waals surface area contributed by atoms with Crippen molar-refractivity contribution in [2.75, 3.05) is 0 Å². The summed E-state index contributed by atoms with van der Waals surface area (Å²) >= 11 is 0. The second kappa shape index (κ2) is 2.16. The smallest absolute Gasteiger partial charge is 0.127 e. The van der Waals surface area contributed by atoms with Crippen LogP contribution >= 0.6 is 0 Å². The molecule has 0 bridgehead atoms. The SMILES string of the molecule is CC1[CH]c2ccc(O)cc2O1. The first kappa shape index (κ1) is 6.53. The highest BCUT2D eigenvalue weighted by Crippen LogP contribution is 2.32. The molecule has 1 N–H and O–H groups in total. The van der Waals surface area contributed by atoms with Crippen molar-refractivity contribution in [3.05, 3.63) is 30.2 Å². The van der Waals surface area contributed by atoms with Gasteiger partial charge in [-0.05, 0) is 13.0 Å². The molecule has 1 unspecified atom stereocenters. The van der Waals surface area contributed by atoms with Crippen LogP contribution in [-0.4, -0.2) is 11.2 Å². The van der Waals surface area contributed by atoms with E-state index >= 15 is 0 Å². The van der Waals surface area contributed by atoms with E-state index < -0.39 is 0 Å². The van der Waals surface area contributed by atoms with Crippen LogP contribution in [0.1, 0.15) is 12.5 Å². The third-order valence-corrected chi connectivity index (χ3v) is 1.72. The van der Waals surface area contributed by atoms with Gasteiger partial charge in [-0.1, -0.05) is 6.07 Å². The fourth-order valence-electron chi connectivity index (χ4n) is 1.25. The Morgan fingerprint density at radius 2 is 2.27 bits per heavy atom. The van der Waals surface area contributed by atoms with Crippen molar-refractivity contribution >= 4 is 0 Å². The maximum absolute atomic E-state index is 9.09. The first-order chi connectivity index (χ1) is 5.25. The maximum Gasteiger partial charge on any atom is 0.127 e. The van der Waals surface area contributed by atoms with Gasteiger partial charge in [0, 0.05) is 18.1 Å². The van der Waals surface area contributed by atoms with Gasteiger partial charge >= 0.3 is 0 Å². The summed E-state index contributed by atoms with van der Waals surface area (Å²) < 4.78 is 5.37. The fraction of sp³-hybridized carbons (Fsp3) is 0.222. The minimum Gasteiger partial charge on any atom is -0.508 e. The van der Waals surface area contributed by atoms with Crippen molar-refractivity contribution in [2.24, 2.45) is 0 Å². The van der Waals surface area contributed by atoms with E-state index in [4.69, 9.17) is 9.84 Å². The summed E-state index contributed by atoms with van der Waals surface area (Å²) in [5.74, 6) is 1.03. The summed E-state index contributed by atoms with van der Waals surface area (Å²) in [6.45, 7) is 1.97. The molecular weight excluding hydrogens is 140 g/mol. The zero-order valence-electron chi connectivity index (χ0n) is 6.24. The molecule has 0 fully saturated rings. The Morgan fingerprint density at radius 1 is 1.45 bits per heavy atom. The lowest BCUT2D eigenvalue weighted by molar-refractivity contribution is 0.280. The van der Waals surface area contributed by atoms with Crippen LogP contribution in [0.5, 0.6) is 11.5 Å². The lowest BCUT2D eigenvalue weighted by Crippen LogP contribution is -2.03. The molecule has 2 nitrogen and oxygen atoms in total. The van der Waals surface area contributed by atoms with E-state index in [9.17, 15) is 0 Å². The summed E-state index contributed by atoms with van der Waals surface area (Å²) in [5, 5.41) is 9.09. The molecule has 0 saturated carbocycles. The summed E-state index contributed by atoms with van der Waals surface area (Å²) in [4.78, 5) is 0. The normalized spacial score (nSPS) is 21.0. The monoisotopic (exact) mass is 149 g/mol. The van der Waals surface area contributed by atoms with Gasteiger partial charge in [-0.2, -0.15) is 0 Å². The van der Waals surface area contributed by atoms with E-state index in [0.29, 0.717) is 0 Å². The molecule has 0 spiro atoms. The Morgan fingerprint density at radius 3 is 3.09 bits per heavy atom. The van der Waals surface area contributed by atoms with Crippen LogP contribution in [0, 0.1) is 6.42 Å². The zero-order chi connectivity index (χ0) is 7.84. The molecule has 0 aliphatic carbocycles. The molecular formula is C9H9O2. The van der Waals surface area contributed by atoms with Crippen LogP contribution < -0.4 is 4.74 Å². The Labute approximate surface area is 65.4 Å². The number of aromatic hydroxyl groups is 1. The summed E-state index contributed by atoms with van der Waals surface area (Å²) in [6, 6.07) is 5.15. The number of hydrogen-bond acceptors (Lipinski definition) is 2. The first-order valence-corrected chi connectivity index (χ1v) is 3.60. The number of ether oxygens (including phenoxy) is 1. The molecule has 1 heterocycles. The number of fused-ring (bicyclic) bond motifs is 1. The summed E-state index contributed by atoms with van der Waals surface area (Å²) in [7, 11) is 0. The average Bonchev–Trinajstić information content (AvgIpc) is 2.27. The fourth-order valence-corrected chi connectivity index (χ4v) is 1.25. The molecule has 2 rings (SSSR count). The predicted octanol–water partition coefficient (Wildman–Crippen LogP) is 1.73. The molecule has 1 atom stereocenters. The van der Waals surface area contributed by atoms with Gasteiger partial charge < -0.3 is 9.84 Å². The highest BCUT2D eigenvalue weighted by molar-refractivity contribution is 5.47. The second-order valence-electron chi connectivity index (χ2n) is 2.71. The van der Waals surface area contributed by atoms with Crippen LogP contribution in [0.4, 0.5) is 0 Å². The van der Waals surface area contributed by atoms with Gasteiger partial charge in [-0.15, -0.1) is 0 Å². The lowest BCUT2D eigenvalue weighted by atomic mass is 10.1. The molecule has 1 aliphatic rings. The molecule has 0 aromatic heterocycles. The number of benzene rings is 1. The topological polar surface area (TPSA) is 29.5 Å². The average molecular weight is 149 g/mol. The predicted molar refractivity (Wildman–Crippen MR) is 41.6 cm³/mol. The maximum atomic E-state index is 9.09. The van der Waals surface area contributed by atoms with Gasteiger partial charge in [-0.3, -0.25) is 0 Å².